The van der Waals surface area contributed by atoms with E-state index in [0.29, 0.717) is 12.2 Å². The van der Waals surface area contributed by atoms with Crippen LogP contribution in [0, 0.1) is 0 Å². The highest BCUT2D eigenvalue weighted by molar-refractivity contribution is 7.84. The Morgan fingerprint density at radius 3 is 2.56 bits per heavy atom. The molecule has 0 aromatic carbocycles. The second-order valence-corrected chi connectivity index (χ2v) is 5.84. The lowest BCUT2D eigenvalue weighted by molar-refractivity contribution is -0.122. The van der Waals surface area contributed by atoms with Gasteiger partial charge < -0.3 is 11.1 Å². The minimum Gasteiger partial charge on any atom is -0.354 e. The van der Waals surface area contributed by atoms with Crippen molar-refractivity contribution in [2.45, 2.75) is 51.6 Å². The number of amides is 1. The van der Waals surface area contributed by atoms with Crippen molar-refractivity contribution >= 4 is 16.7 Å². The quantitative estimate of drug-likeness (QED) is 0.666. The summed E-state index contributed by atoms with van der Waals surface area (Å²) in [5.41, 5.74) is 5.77. The molecule has 0 aromatic rings. The van der Waals surface area contributed by atoms with Crippen LogP contribution in [0.4, 0.5) is 0 Å². The largest absolute Gasteiger partial charge is 0.354 e. The molecule has 3 N–H and O–H groups in total. The molecule has 0 aromatic heterocycles. The van der Waals surface area contributed by atoms with Gasteiger partial charge in [0.15, 0.2) is 0 Å². The molecule has 0 rings (SSSR count). The second kappa shape index (κ2) is 8.70. The third-order valence-corrected chi connectivity index (χ3v) is 3.16. The van der Waals surface area contributed by atoms with Crippen molar-refractivity contribution in [1.82, 2.24) is 5.32 Å². The molecule has 0 saturated heterocycles. The molecular weight excluding hydrogens is 224 g/mol. The second-order valence-electron chi connectivity index (χ2n) is 4.29. The molecule has 3 atom stereocenters. The topological polar surface area (TPSA) is 72.2 Å². The van der Waals surface area contributed by atoms with Crippen molar-refractivity contribution in [3.63, 3.8) is 0 Å². The zero-order valence-electron chi connectivity index (χ0n) is 10.5. The van der Waals surface area contributed by atoms with E-state index in [9.17, 15) is 9.00 Å². The molecule has 5 heteroatoms. The Labute approximate surface area is 101 Å². The highest BCUT2D eigenvalue weighted by Crippen LogP contribution is 2.00. The molecule has 0 spiro atoms. The number of nitrogens with two attached hydrogens (primary N) is 1. The summed E-state index contributed by atoms with van der Waals surface area (Å²) in [7, 11) is -0.791. The fourth-order valence-corrected chi connectivity index (χ4v) is 2.15. The van der Waals surface area contributed by atoms with E-state index in [0.717, 1.165) is 19.3 Å². The fourth-order valence-electron chi connectivity index (χ4n) is 1.46. The lowest BCUT2D eigenvalue weighted by Gasteiger charge is -2.15. The van der Waals surface area contributed by atoms with Crippen molar-refractivity contribution in [1.29, 1.82) is 0 Å². The SMILES string of the molecule is CCCC(N)CC(=O)NC(C)CCS(C)=O. The minimum atomic E-state index is -0.791. The lowest BCUT2D eigenvalue weighted by Crippen LogP contribution is -2.37. The monoisotopic (exact) mass is 248 g/mol. The number of carbonyl (C=O) groups excluding carboxylic acids is 1. The molecule has 0 saturated carbocycles. The maximum Gasteiger partial charge on any atom is 0.221 e. The van der Waals surface area contributed by atoms with Crippen LogP contribution in [-0.2, 0) is 15.6 Å². The molecule has 3 unspecified atom stereocenters. The van der Waals surface area contributed by atoms with Crippen LogP contribution in [0.15, 0.2) is 0 Å². The van der Waals surface area contributed by atoms with Crippen LogP contribution in [0.3, 0.4) is 0 Å². The van der Waals surface area contributed by atoms with E-state index in [1.807, 2.05) is 6.92 Å². The Bertz CT molecular complexity index is 234. The Kier molecular flexibility index (Phi) is 8.47. The van der Waals surface area contributed by atoms with E-state index in [-0.39, 0.29) is 18.0 Å². The average molecular weight is 248 g/mol. The Morgan fingerprint density at radius 1 is 1.44 bits per heavy atom. The number of hydrogen-bond acceptors (Lipinski definition) is 3. The molecule has 16 heavy (non-hydrogen) atoms. The number of hydrogen-bond donors (Lipinski definition) is 2. The summed E-state index contributed by atoms with van der Waals surface area (Å²) in [5.74, 6) is 0.623. The molecule has 0 aliphatic carbocycles. The van der Waals surface area contributed by atoms with E-state index < -0.39 is 10.8 Å². The summed E-state index contributed by atoms with van der Waals surface area (Å²) in [6.45, 7) is 3.98. The van der Waals surface area contributed by atoms with Crippen molar-refractivity contribution in [3.8, 4) is 0 Å². The first-order valence-electron chi connectivity index (χ1n) is 5.80. The Morgan fingerprint density at radius 2 is 2.06 bits per heavy atom. The molecule has 96 valence electrons. The van der Waals surface area contributed by atoms with Crippen LogP contribution in [-0.4, -0.2) is 34.2 Å². The normalized spacial score (nSPS) is 16.5. The van der Waals surface area contributed by atoms with E-state index in [2.05, 4.69) is 12.2 Å². The van der Waals surface area contributed by atoms with Gasteiger partial charge in [-0.3, -0.25) is 9.00 Å². The van der Waals surface area contributed by atoms with Crippen molar-refractivity contribution in [2.24, 2.45) is 5.73 Å². The van der Waals surface area contributed by atoms with E-state index in [1.54, 1.807) is 6.26 Å². The van der Waals surface area contributed by atoms with Gasteiger partial charge in [0.2, 0.25) is 5.91 Å². The van der Waals surface area contributed by atoms with Gasteiger partial charge in [-0.15, -0.1) is 0 Å². The van der Waals surface area contributed by atoms with Gasteiger partial charge in [0.1, 0.15) is 0 Å². The van der Waals surface area contributed by atoms with Crippen molar-refractivity contribution < 1.29 is 9.00 Å². The van der Waals surface area contributed by atoms with E-state index >= 15 is 0 Å². The summed E-state index contributed by atoms with van der Waals surface area (Å²) in [6.07, 6.45) is 4.68. The summed E-state index contributed by atoms with van der Waals surface area (Å²) in [6, 6.07) is 0.0303. The molecule has 0 aliphatic rings. The fraction of sp³-hybridized carbons (Fsp3) is 0.909. The molecule has 0 fully saturated rings. The summed E-state index contributed by atoms with van der Waals surface area (Å²) >= 11 is 0. The molecule has 0 aliphatic heterocycles. The van der Waals surface area contributed by atoms with Crippen molar-refractivity contribution in [3.05, 3.63) is 0 Å². The first-order valence-corrected chi connectivity index (χ1v) is 7.53. The van der Waals surface area contributed by atoms with Gasteiger partial charge in [-0.05, 0) is 19.8 Å². The summed E-state index contributed by atoms with van der Waals surface area (Å²) in [4.78, 5) is 11.5. The predicted molar refractivity (Wildman–Crippen MR) is 68.7 cm³/mol. The van der Waals surface area contributed by atoms with Crippen LogP contribution in [0.2, 0.25) is 0 Å². The van der Waals surface area contributed by atoms with Crippen LogP contribution in [0.5, 0.6) is 0 Å². The maximum absolute atomic E-state index is 11.5. The summed E-state index contributed by atoms with van der Waals surface area (Å²) < 4.78 is 10.9. The maximum atomic E-state index is 11.5. The van der Waals surface area contributed by atoms with Crippen LogP contribution in [0.25, 0.3) is 0 Å². The molecule has 0 bridgehead atoms. The predicted octanol–water partition coefficient (Wildman–Crippen LogP) is 0.777. The van der Waals surface area contributed by atoms with Gasteiger partial charge in [-0.2, -0.15) is 0 Å². The number of rotatable bonds is 8. The highest BCUT2D eigenvalue weighted by atomic mass is 32.2. The van der Waals surface area contributed by atoms with Crippen LogP contribution >= 0.6 is 0 Å². The third kappa shape index (κ3) is 8.85. The van der Waals surface area contributed by atoms with Gasteiger partial charge in [-0.1, -0.05) is 13.3 Å². The number of nitrogens with one attached hydrogen (secondary N) is 1. The van der Waals surface area contributed by atoms with Gasteiger partial charge >= 0.3 is 0 Å². The first-order chi connectivity index (χ1) is 7.45. The zero-order valence-corrected chi connectivity index (χ0v) is 11.3. The molecule has 0 heterocycles. The van der Waals surface area contributed by atoms with E-state index in [1.165, 1.54) is 0 Å². The Balaban J connectivity index is 3.73. The molecule has 0 radical (unpaired) electrons. The van der Waals surface area contributed by atoms with Gasteiger partial charge in [0.05, 0.1) is 0 Å². The van der Waals surface area contributed by atoms with E-state index in [4.69, 9.17) is 5.73 Å². The standard InChI is InChI=1S/C11H24N2O2S/c1-4-5-10(12)8-11(14)13-9(2)6-7-16(3)15/h9-10H,4-8,12H2,1-3H3,(H,13,14). The minimum absolute atomic E-state index is 0.00432. The summed E-state index contributed by atoms with van der Waals surface area (Å²) in [5, 5.41) is 2.87. The third-order valence-electron chi connectivity index (χ3n) is 2.35. The van der Waals surface area contributed by atoms with Gasteiger partial charge in [-0.25, -0.2) is 0 Å². The highest BCUT2D eigenvalue weighted by Gasteiger charge is 2.11. The zero-order chi connectivity index (χ0) is 12.6. The average Bonchev–Trinajstić information content (AvgIpc) is 2.14. The number of carbonyl (C=O) groups is 1. The van der Waals surface area contributed by atoms with Gasteiger partial charge in [0.25, 0.3) is 0 Å². The molecular formula is C11H24N2O2S. The van der Waals surface area contributed by atoms with Crippen molar-refractivity contribution in [2.75, 3.05) is 12.0 Å². The first kappa shape index (κ1) is 15.6. The van der Waals surface area contributed by atoms with Crippen LogP contribution < -0.4 is 11.1 Å². The molecule has 4 nitrogen and oxygen atoms in total. The lowest BCUT2D eigenvalue weighted by atomic mass is 10.1. The Hall–Kier alpha value is -0.420. The smallest absolute Gasteiger partial charge is 0.221 e. The van der Waals surface area contributed by atoms with Gasteiger partial charge in [0, 0.05) is 41.3 Å². The van der Waals surface area contributed by atoms with Crippen LogP contribution in [0.1, 0.15) is 39.5 Å². The molecule has 1 amide bonds.